The van der Waals surface area contributed by atoms with Crippen LogP contribution in [0.25, 0.3) is 11.3 Å². The molecule has 268 valence electrons. The van der Waals surface area contributed by atoms with E-state index in [0.29, 0.717) is 68.4 Å². The first-order valence-corrected chi connectivity index (χ1v) is 18.8. The molecule has 0 bridgehead atoms. The molecule has 4 fully saturated rings. The highest BCUT2D eigenvalue weighted by Gasteiger charge is 2.36. The molecule has 10 heteroatoms. The fraction of sp³-hybridized carbons (Fsp3) is 0.600. The molecule has 3 saturated carbocycles. The average Bonchev–Trinajstić information content (AvgIpc) is 3.63. The Hall–Kier alpha value is -3.92. The molecule has 2 aromatic heterocycles. The molecule has 4 aliphatic rings. The number of nitrogens with zero attached hydrogens (tertiary/aromatic N) is 5. The van der Waals surface area contributed by atoms with Crippen molar-refractivity contribution in [3.63, 3.8) is 0 Å². The predicted molar refractivity (Wildman–Crippen MR) is 192 cm³/mol. The number of oxazole rings is 1. The van der Waals surface area contributed by atoms with Gasteiger partial charge in [-0.2, -0.15) is 0 Å². The normalized spacial score (nSPS) is 25.5. The third-order valence-electron chi connectivity index (χ3n) is 11.7. The number of carbonyl (C=O) groups excluding carboxylic acids is 2. The van der Waals surface area contributed by atoms with E-state index < -0.39 is 0 Å². The van der Waals surface area contributed by atoms with E-state index >= 15 is 0 Å². The zero-order valence-electron chi connectivity index (χ0n) is 30.2. The van der Waals surface area contributed by atoms with Crippen LogP contribution in [0.1, 0.15) is 99.5 Å². The number of benzene rings is 1. The second-order valence-electron chi connectivity index (χ2n) is 15.4. The van der Waals surface area contributed by atoms with Crippen LogP contribution >= 0.6 is 0 Å². The van der Waals surface area contributed by atoms with Crippen molar-refractivity contribution in [2.45, 2.75) is 102 Å². The highest BCUT2D eigenvalue weighted by atomic mass is 16.6. The number of methoxy groups -OCH3 is 1. The number of likely N-dealkylation sites (N-methyl/N-ethyl adjacent to an activating group) is 1. The van der Waals surface area contributed by atoms with Crippen molar-refractivity contribution in [2.24, 2.45) is 11.8 Å². The zero-order valence-corrected chi connectivity index (χ0v) is 30.2. The molecule has 7 rings (SSSR count). The molecule has 2 amide bonds. The van der Waals surface area contributed by atoms with Gasteiger partial charge in [0.15, 0.2) is 5.89 Å². The molecule has 0 radical (unpaired) electrons. The minimum atomic E-state index is -0.218. The minimum absolute atomic E-state index is 0.125. The number of likely N-dealkylation sites (tertiary alicyclic amines) is 1. The van der Waals surface area contributed by atoms with Gasteiger partial charge in [-0.15, -0.1) is 0 Å². The van der Waals surface area contributed by atoms with Crippen molar-refractivity contribution in [3.05, 3.63) is 59.8 Å². The summed E-state index contributed by atoms with van der Waals surface area (Å²) in [6, 6.07) is 10.9. The van der Waals surface area contributed by atoms with Crippen molar-refractivity contribution >= 4 is 17.8 Å². The average molecular weight is 684 g/mol. The Labute approximate surface area is 296 Å². The van der Waals surface area contributed by atoms with E-state index in [1.807, 2.05) is 21.9 Å². The quantitative estimate of drug-likeness (QED) is 0.216. The Morgan fingerprint density at radius 2 is 1.70 bits per heavy atom. The number of carbonyl (C=O) groups is 2. The minimum Gasteiger partial charge on any atom is -0.496 e. The SMILES string of the molecule is COc1ccc(C2CCC(CN(C(=O)C3CCC(OC(=O)N4CCC(N(C)C)C4)CC3)c3cc(-c4coc(C5CC5)n4)ccn3)CC2)cc1C. The van der Waals surface area contributed by atoms with Crippen LogP contribution in [0.2, 0.25) is 0 Å². The maximum absolute atomic E-state index is 14.5. The van der Waals surface area contributed by atoms with Crippen LogP contribution in [0.3, 0.4) is 0 Å². The lowest BCUT2D eigenvalue weighted by molar-refractivity contribution is -0.124. The number of aromatic nitrogens is 2. The molecule has 0 spiro atoms. The number of hydrogen-bond acceptors (Lipinski definition) is 8. The molecule has 3 aliphatic carbocycles. The molecule has 1 unspecified atom stereocenters. The van der Waals surface area contributed by atoms with Crippen molar-refractivity contribution in [2.75, 3.05) is 45.7 Å². The topological polar surface area (TPSA) is 101 Å². The molecule has 3 heterocycles. The number of anilines is 1. The molecule has 1 atom stereocenters. The largest absolute Gasteiger partial charge is 0.496 e. The Kier molecular flexibility index (Phi) is 10.4. The smallest absolute Gasteiger partial charge is 0.410 e. The van der Waals surface area contributed by atoms with Crippen molar-refractivity contribution in [1.82, 2.24) is 19.8 Å². The highest BCUT2D eigenvalue weighted by molar-refractivity contribution is 5.94. The van der Waals surface area contributed by atoms with E-state index in [1.54, 1.807) is 19.6 Å². The maximum Gasteiger partial charge on any atom is 0.410 e. The van der Waals surface area contributed by atoms with Crippen LogP contribution in [0.5, 0.6) is 5.75 Å². The molecular formula is C40H53N5O5. The van der Waals surface area contributed by atoms with Crippen molar-refractivity contribution in [3.8, 4) is 17.0 Å². The van der Waals surface area contributed by atoms with Crippen LogP contribution in [-0.2, 0) is 9.53 Å². The third kappa shape index (κ3) is 7.85. The van der Waals surface area contributed by atoms with Crippen molar-refractivity contribution < 1.29 is 23.5 Å². The number of pyridine rings is 1. The molecule has 50 heavy (non-hydrogen) atoms. The molecule has 1 saturated heterocycles. The van der Waals surface area contributed by atoms with Gasteiger partial charge in [0.25, 0.3) is 0 Å². The first kappa shape index (κ1) is 34.5. The summed E-state index contributed by atoms with van der Waals surface area (Å²) in [5.74, 6) is 3.73. The highest BCUT2D eigenvalue weighted by Crippen LogP contribution is 2.41. The van der Waals surface area contributed by atoms with E-state index in [0.717, 1.165) is 74.4 Å². The van der Waals surface area contributed by atoms with E-state index in [4.69, 9.17) is 23.9 Å². The zero-order chi connectivity index (χ0) is 34.8. The van der Waals surface area contributed by atoms with Gasteiger partial charge in [0, 0.05) is 49.3 Å². The van der Waals surface area contributed by atoms with Crippen LogP contribution in [0.4, 0.5) is 10.6 Å². The molecule has 1 aromatic carbocycles. The number of amides is 2. The Bertz CT molecular complexity index is 1640. The summed E-state index contributed by atoms with van der Waals surface area (Å²) in [6.45, 7) is 4.19. The lowest BCUT2D eigenvalue weighted by Crippen LogP contribution is -2.43. The van der Waals surface area contributed by atoms with Gasteiger partial charge in [0.2, 0.25) is 5.91 Å². The molecular weight excluding hydrogens is 630 g/mol. The Balaban J connectivity index is 1.02. The lowest BCUT2D eigenvalue weighted by Gasteiger charge is -2.36. The summed E-state index contributed by atoms with van der Waals surface area (Å²) in [6.07, 6.45) is 13.5. The van der Waals surface area contributed by atoms with Gasteiger partial charge >= 0.3 is 6.09 Å². The molecule has 10 nitrogen and oxygen atoms in total. The fourth-order valence-electron chi connectivity index (χ4n) is 8.25. The van der Waals surface area contributed by atoms with E-state index in [-0.39, 0.29) is 24.0 Å². The second kappa shape index (κ2) is 15.1. The molecule has 0 N–H and O–H groups in total. The van der Waals surface area contributed by atoms with Gasteiger partial charge in [-0.25, -0.2) is 14.8 Å². The number of hydrogen-bond donors (Lipinski definition) is 0. The molecule has 1 aliphatic heterocycles. The third-order valence-corrected chi connectivity index (χ3v) is 11.7. The van der Waals surface area contributed by atoms with Gasteiger partial charge in [0.05, 0.1) is 7.11 Å². The van der Waals surface area contributed by atoms with E-state index in [1.165, 1.54) is 11.1 Å². The number of ether oxygens (including phenoxy) is 2. The van der Waals surface area contributed by atoms with Crippen molar-refractivity contribution in [1.29, 1.82) is 0 Å². The van der Waals surface area contributed by atoms with Crippen LogP contribution in [0, 0.1) is 18.8 Å². The number of aryl methyl sites for hydroxylation is 1. The summed E-state index contributed by atoms with van der Waals surface area (Å²) in [7, 11) is 5.83. The molecule has 3 aromatic rings. The Morgan fingerprint density at radius 1 is 0.940 bits per heavy atom. The first-order chi connectivity index (χ1) is 24.2. The second-order valence-corrected chi connectivity index (χ2v) is 15.4. The summed E-state index contributed by atoms with van der Waals surface area (Å²) < 4.78 is 17.3. The Morgan fingerprint density at radius 3 is 2.38 bits per heavy atom. The first-order valence-electron chi connectivity index (χ1n) is 18.8. The lowest BCUT2D eigenvalue weighted by atomic mass is 9.78. The van der Waals surface area contributed by atoms with Gasteiger partial charge in [-0.1, -0.05) is 12.1 Å². The summed E-state index contributed by atoms with van der Waals surface area (Å²) >= 11 is 0. The van der Waals surface area contributed by atoms with Gasteiger partial charge in [0.1, 0.15) is 29.6 Å². The summed E-state index contributed by atoms with van der Waals surface area (Å²) in [5, 5.41) is 0. The predicted octanol–water partition coefficient (Wildman–Crippen LogP) is 7.57. The maximum atomic E-state index is 14.5. The van der Waals surface area contributed by atoms with Gasteiger partial charge in [-0.05, 0) is 133 Å². The monoisotopic (exact) mass is 683 g/mol. The van der Waals surface area contributed by atoms with E-state index in [9.17, 15) is 9.59 Å². The van der Waals surface area contributed by atoms with Gasteiger partial charge < -0.3 is 23.7 Å². The summed E-state index contributed by atoms with van der Waals surface area (Å²) in [4.78, 5) is 42.9. The fourth-order valence-corrected chi connectivity index (χ4v) is 8.25. The van der Waals surface area contributed by atoms with Gasteiger partial charge in [-0.3, -0.25) is 9.69 Å². The standard InChI is InChI=1S/C40H53N5O5/c1-26-21-31(13-16-36(26)48-4)28-7-5-27(6-8-28)23-45(37-22-32(17-19-41-37)35-25-49-38(42-35)29-9-10-29)39(46)30-11-14-34(15-12-30)50-40(47)44-20-18-33(24-44)43(2)3/h13,16-17,19,21-22,25,27-30,33-34H,5-12,14-15,18,20,23-24H2,1-4H3. The van der Waals surface area contributed by atoms with Crippen LogP contribution in [0.15, 0.2) is 47.2 Å². The number of rotatable bonds is 10. The summed E-state index contributed by atoms with van der Waals surface area (Å²) in [5.41, 5.74) is 4.25. The van der Waals surface area contributed by atoms with Crippen LogP contribution in [-0.4, -0.2) is 84.8 Å². The van der Waals surface area contributed by atoms with E-state index in [2.05, 4.69) is 44.1 Å². The van der Waals surface area contributed by atoms with Crippen LogP contribution < -0.4 is 9.64 Å².